The molecule has 1 aromatic heterocycles. The Balaban J connectivity index is 1.47. The van der Waals surface area contributed by atoms with Crippen molar-refractivity contribution in [3.63, 3.8) is 0 Å². The van der Waals surface area contributed by atoms with E-state index in [9.17, 15) is 4.79 Å². The Labute approximate surface area is 154 Å². The number of para-hydroxylation sites is 1. The van der Waals surface area contributed by atoms with Crippen LogP contribution in [0.1, 0.15) is 39.9 Å². The minimum atomic E-state index is 0.0610. The first kappa shape index (κ1) is 16.6. The van der Waals surface area contributed by atoms with E-state index in [1.54, 1.807) is 4.90 Å². The molecule has 0 fully saturated rings. The zero-order valence-corrected chi connectivity index (χ0v) is 15.1. The maximum Gasteiger partial charge on any atom is 0.253 e. The maximum atomic E-state index is 12.8. The summed E-state index contributed by atoms with van der Waals surface area (Å²) in [5.41, 5.74) is 5.56. The highest BCUT2D eigenvalue weighted by atomic mass is 16.2. The fourth-order valence-corrected chi connectivity index (χ4v) is 3.60. The largest absolute Gasteiger partial charge is 0.337 e. The summed E-state index contributed by atoms with van der Waals surface area (Å²) in [4.78, 5) is 14.6. The molecule has 1 heterocycles. The van der Waals surface area contributed by atoms with E-state index in [2.05, 4.69) is 17.2 Å². The van der Waals surface area contributed by atoms with Crippen molar-refractivity contribution in [1.82, 2.24) is 14.7 Å². The fourth-order valence-electron chi connectivity index (χ4n) is 3.60. The quantitative estimate of drug-likeness (QED) is 0.716. The van der Waals surface area contributed by atoms with Crippen LogP contribution in [-0.2, 0) is 19.4 Å². The first-order valence-corrected chi connectivity index (χ1v) is 9.17. The Hall–Kier alpha value is -2.88. The Morgan fingerprint density at radius 2 is 1.85 bits per heavy atom. The number of amides is 1. The zero-order valence-electron chi connectivity index (χ0n) is 15.1. The summed E-state index contributed by atoms with van der Waals surface area (Å²) in [6.45, 7) is 0.544. The van der Waals surface area contributed by atoms with Crippen LogP contribution in [-0.4, -0.2) is 27.6 Å². The lowest BCUT2D eigenvalue weighted by molar-refractivity contribution is 0.0785. The number of aryl methyl sites for hydroxylation is 2. The number of nitrogens with zero attached hydrogens (tertiary/aromatic N) is 3. The van der Waals surface area contributed by atoms with Crippen LogP contribution in [0, 0.1) is 0 Å². The van der Waals surface area contributed by atoms with Crippen molar-refractivity contribution in [3.8, 4) is 5.69 Å². The van der Waals surface area contributed by atoms with Crippen LogP contribution in [0.5, 0.6) is 0 Å². The summed E-state index contributed by atoms with van der Waals surface area (Å²) in [5.74, 6) is 0.0610. The highest BCUT2D eigenvalue weighted by Gasteiger charge is 2.16. The predicted octanol–water partition coefficient (Wildman–Crippen LogP) is 4.02. The Morgan fingerprint density at radius 3 is 2.65 bits per heavy atom. The van der Waals surface area contributed by atoms with Crippen LogP contribution >= 0.6 is 0 Å². The molecular formula is C22H23N3O. The molecule has 4 nitrogen and oxygen atoms in total. The average Bonchev–Trinajstić information content (AvgIpc) is 3.16. The van der Waals surface area contributed by atoms with Gasteiger partial charge in [0.2, 0.25) is 0 Å². The molecule has 1 aliphatic carbocycles. The molecule has 3 aromatic rings. The Bertz CT molecular complexity index is 914. The Kier molecular flexibility index (Phi) is 4.57. The molecule has 0 aliphatic heterocycles. The minimum absolute atomic E-state index is 0.0610. The third-order valence-corrected chi connectivity index (χ3v) is 5.02. The second-order valence-electron chi connectivity index (χ2n) is 6.98. The molecular weight excluding hydrogens is 322 g/mol. The summed E-state index contributed by atoms with van der Waals surface area (Å²) in [5, 5.41) is 4.41. The van der Waals surface area contributed by atoms with Crippen LogP contribution in [0.15, 0.2) is 60.9 Å². The first-order chi connectivity index (χ1) is 12.7. The van der Waals surface area contributed by atoms with Gasteiger partial charge in [0.15, 0.2) is 0 Å². The van der Waals surface area contributed by atoms with Crippen molar-refractivity contribution in [2.75, 3.05) is 7.05 Å². The molecule has 2 aromatic carbocycles. The summed E-state index contributed by atoms with van der Waals surface area (Å²) in [7, 11) is 1.85. The molecule has 0 radical (unpaired) electrons. The number of benzene rings is 2. The van der Waals surface area contributed by atoms with Crippen LogP contribution in [0.25, 0.3) is 5.69 Å². The molecule has 0 unspecified atom stereocenters. The number of aromatic nitrogens is 2. The Morgan fingerprint density at radius 1 is 1.08 bits per heavy atom. The van der Waals surface area contributed by atoms with E-state index in [1.165, 1.54) is 24.0 Å². The molecule has 4 rings (SSSR count). The number of carbonyl (C=O) groups is 1. The van der Waals surface area contributed by atoms with Gasteiger partial charge in [-0.05, 0) is 61.1 Å². The second kappa shape index (κ2) is 7.16. The van der Waals surface area contributed by atoms with E-state index >= 15 is 0 Å². The first-order valence-electron chi connectivity index (χ1n) is 9.17. The summed E-state index contributed by atoms with van der Waals surface area (Å²) >= 11 is 0. The summed E-state index contributed by atoms with van der Waals surface area (Å²) < 4.78 is 1.84. The highest BCUT2D eigenvalue weighted by molar-refractivity contribution is 5.94. The summed E-state index contributed by atoms with van der Waals surface area (Å²) in [6, 6.07) is 16.2. The van der Waals surface area contributed by atoms with E-state index in [1.807, 2.05) is 60.5 Å². The van der Waals surface area contributed by atoms with Gasteiger partial charge in [0.25, 0.3) is 5.91 Å². The van der Waals surface area contributed by atoms with E-state index < -0.39 is 0 Å². The van der Waals surface area contributed by atoms with Gasteiger partial charge >= 0.3 is 0 Å². The van der Waals surface area contributed by atoms with Gasteiger partial charge in [-0.25, -0.2) is 4.68 Å². The molecule has 0 bridgehead atoms. The van der Waals surface area contributed by atoms with Crippen molar-refractivity contribution in [1.29, 1.82) is 0 Å². The molecule has 1 amide bonds. The molecule has 0 atom stereocenters. The topological polar surface area (TPSA) is 38.1 Å². The van der Waals surface area contributed by atoms with Gasteiger partial charge in [0.1, 0.15) is 0 Å². The van der Waals surface area contributed by atoms with Gasteiger partial charge in [0, 0.05) is 30.9 Å². The highest BCUT2D eigenvalue weighted by Crippen LogP contribution is 2.23. The van der Waals surface area contributed by atoms with E-state index in [0.29, 0.717) is 6.54 Å². The van der Waals surface area contributed by atoms with Crippen molar-refractivity contribution in [2.45, 2.75) is 32.2 Å². The van der Waals surface area contributed by atoms with Crippen molar-refractivity contribution >= 4 is 5.91 Å². The lowest BCUT2D eigenvalue weighted by Gasteiger charge is -2.19. The molecule has 0 N–H and O–H groups in total. The molecule has 132 valence electrons. The molecule has 26 heavy (non-hydrogen) atoms. The van der Waals surface area contributed by atoms with Crippen molar-refractivity contribution in [2.24, 2.45) is 0 Å². The lowest BCUT2D eigenvalue weighted by atomic mass is 9.90. The van der Waals surface area contributed by atoms with Crippen LogP contribution < -0.4 is 0 Å². The average molecular weight is 345 g/mol. The molecule has 0 saturated heterocycles. The lowest BCUT2D eigenvalue weighted by Crippen LogP contribution is -2.26. The predicted molar refractivity (Wildman–Crippen MR) is 102 cm³/mol. The van der Waals surface area contributed by atoms with E-state index in [4.69, 9.17) is 0 Å². The number of hydrogen-bond acceptors (Lipinski definition) is 2. The van der Waals surface area contributed by atoms with Crippen LogP contribution in [0.4, 0.5) is 0 Å². The maximum absolute atomic E-state index is 12.8. The van der Waals surface area contributed by atoms with Gasteiger partial charge in [-0.3, -0.25) is 4.79 Å². The fraction of sp³-hybridized carbons (Fsp3) is 0.273. The van der Waals surface area contributed by atoms with Crippen molar-refractivity contribution < 1.29 is 4.79 Å². The smallest absolute Gasteiger partial charge is 0.253 e. The third kappa shape index (κ3) is 3.40. The van der Waals surface area contributed by atoms with E-state index in [0.717, 1.165) is 29.7 Å². The normalized spacial score (nSPS) is 13.3. The third-order valence-electron chi connectivity index (χ3n) is 5.02. The number of rotatable bonds is 4. The molecule has 1 aliphatic rings. The monoisotopic (exact) mass is 345 g/mol. The standard InChI is InChI=1S/C22H23N3O/c1-24(15-17-14-23-25(16-17)21-9-3-2-4-10-21)22(26)20-12-11-18-7-5-6-8-19(18)13-20/h2-4,9-14,16H,5-8,15H2,1H3. The van der Waals surface area contributed by atoms with Crippen LogP contribution in [0.3, 0.4) is 0 Å². The molecule has 0 spiro atoms. The molecule has 0 saturated carbocycles. The zero-order chi connectivity index (χ0) is 17.9. The van der Waals surface area contributed by atoms with E-state index in [-0.39, 0.29) is 5.91 Å². The minimum Gasteiger partial charge on any atom is -0.337 e. The van der Waals surface area contributed by atoms with Gasteiger partial charge in [-0.15, -0.1) is 0 Å². The van der Waals surface area contributed by atoms with Crippen LogP contribution in [0.2, 0.25) is 0 Å². The second-order valence-corrected chi connectivity index (χ2v) is 6.98. The number of carbonyl (C=O) groups excluding carboxylic acids is 1. The number of hydrogen-bond donors (Lipinski definition) is 0. The van der Waals surface area contributed by atoms with Gasteiger partial charge < -0.3 is 4.90 Å². The van der Waals surface area contributed by atoms with Gasteiger partial charge in [0.05, 0.1) is 11.9 Å². The van der Waals surface area contributed by atoms with Crippen molar-refractivity contribution in [3.05, 3.63) is 83.2 Å². The number of fused-ring (bicyclic) bond motifs is 1. The summed E-state index contributed by atoms with van der Waals surface area (Å²) in [6.07, 6.45) is 8.50. The SMILES string of the molecule is CN(Cc1cnn(-c2ccccc2)c1)C(=O)c1ccc2c(c1)CCCC2. The molecule has 4 heteroatoms. The van der Waals surface area contributed by atoms with Gasteiger partial charge in [-0.1, -0.05) is 24.3 Å². The van der Waals surface area contributed by atoms with Gasteiger partial charge in [-0.2, -0.15) is 5.10 Å².